The van der Waals surface area contributed by atoms with Crippen LogP contribution in [0.3, 0.4) is 0 Å². The number of hydrogen-bond donors (Lipinski definition) is 0. The summed E-state index contributed by atoms with van der Waals surface area (Å²) in [4.78, 5) is 4.73. The van der Waals surface area contributed by atoms with E-state index in [9.17, 15) is 0 Å². The Morgan fingerprint density at radius 2 is 2.11 bits per heavy atom. The van der Waals surface area contributed by atoms with Crippen molar-refractivity contribution in [3.05, 3.63) is 29.6 Å². The van der Waals surface area contributed by atoms with Crippen molar-refractivity contribution in [2.75, 3.05) is 37.2 Å². The molecule has 0 aliphatic carbocycles. The van der Waals surface area contributed by atoms with Crippen LogP contribution >= 0.6 is 11.6 Å². The van der Waals surface area contributed by atoms with E-state index in [0.717, 1.165) is 44.1 Å². The van der Waals surface area contributed by atoms with E-state index in [-0.39, 0.29) is 0 Å². The van der Waals surface area contributed by atoms with E-state index >= 15 is 0 Å². The highest BCUT2D eigenvalue weighted by Gasteiger charge is 2.19. The molecular formula is C14H18ClN3O. The van der Waals surface area contributed by atoms with Gasteiger partial charge in [0, 0.05) is 12.3 Å². The first-order chi connectivity index (χ1) is 9.31. The number of imidazole rings is 1. The molecule has 102 valence electrons. The SMILES string of the molecule is Cc1cccc2nc(CCCl)n(N3CCOCC3)c12. The third kappa shape index (κ3) is 2.30. The van der Waals surface area contributed by atoms with E-state index in [1.54, 1.807) is 0 Å². The van der Waals surface area contributed by atoms with Gasteiger partial charge in [0.2, 0.25) is 0 Å². The van der Waals surface area contributed by atoms with Crippen LogP contribution in [0.5, 0.6) is 0 Å². The third-order valence-corrected chi connectivity index (χ3v) is 3.70. The molecule has 1 fully saturated rings. The number of rotatable bonds is 3. The number of para-hydroxylation sites is 1. The number of fused-ring (bicyclic) bond motifs is 1. The molecule has 0 amide bonds. The first kappa shape index (κ1) is 12.8. The van der Waals surface area contributed by atoms with Crippen LogP contribution in [-0.4, -0.2) is 41.8 Å². The summed E-state index contributed by atoms with van der Waals surface area (Å²) in [5.41, 5.74) is 3.49. The molecule has 2 heterocycles. The lowest BCUT2D eigenvalue weighted by Gasteiger charge is -2.31. The average Bonchev–Trinajstić information content (AvgIpc) is 2.80. The number of aryl methyl sites for hydroxylation is 2. The molecule has 1 saturated heterocycles. The highest BCUT2D eigenvalue weighted by atomic mass is 35.5. The Morgan fingerprint density at radius 3 is 2.84 bits per heavy atom. The van der Waals surface area contributed by atoms with Gasteiger partial charge in [-0.1, -0.05) is 12.1 Å². The van der Waals surface area contributed by atoms with Gasteiger partial charge < -0.3 is 9.75 Å². The first-order valence-electron chi connectivity index (χ1n) is 6.67. The van der Waals surface area contributed by atoms with Crippen LogP contribution in [0, 0.1) is 6.92 Å². The van der Waals surface area contributed by atoms with Crippen molar-refractivity contribution < 1.29 is 4.74 Å². The van der Waals surface area contributed by atoms with Gasteiger partial charge in [-0.05, 0) is 18.6 Å². The zero-order valence-corrected chi connectivity index (χ0v) is 11.9. The van der Waals surface area contributed by atoms with Crippen LogP contribution in [0.1, 0.15) is 11.4 Å². The van der Waals surface area contributed by atoms with Crippen LogP contribution < -0.4 is 5.01 Å². The fourth-order valence-corrected chi connectivity index (χ4v) is 2.80. The smallest absolute Gasteiger partial charge is 0.130 e. The monoisotopic (exact) mass is 279 g/mol. The predicted molar refractivity (Wildman–Crippen MR) is 77.7 cm³/mol. The number of morpholine rings is 1. The Kier molecular flexibility index (Phi) is 3.62. The fourth-order valence-electron chi connectivity index (χ4n) is 2.63. The van der Waals surface area contributed by atoms with Crippen molar-refractivity contribution in [1.29, 1.82) is 0 Å². The maximum Gasteiger partial charge on any atom is 0.130 e. The van der Waals surface area contributed by atoms with Gasteiger partial charge in [0.15, 0.2) is 0 Å². The highest BCUT2D eigenvalue weighted by Crippen LogP contribution is 2.21. The number of alkyl halides is 1. The second-order valence-electron chi connectivity index (χ2n) is 4.79. The van der Waals surface area contributed by atoms with Gasteiger partial charge in [-0.3, -0.25) is 0 Å². The van der Waals surface area contributed by atoms with E-state index < -0.39 is 0 Å². The second kappa shape index (κ2) is 5.39. The molecule has 19 heavy (non-hydrogen) atoms. The molecular weight excluding hydrogens is 262 g/mol. The normalized spacial score (nSPS) is 16.2. The molecule has 4 nitrogen and oxygen atoms in total. The summed E-state index contributed by atoms with van der Waals surface area (Å²) in [6, 6.07) is 6.25. The summed E-state index contributed by atoms with van der Waals surface area (Å²) in [5, 5.41) is 2.31. The molecule has 0 unspecified atom stereocenters. The average molecular weight is 280 g/mol. The van der Waals surface area contributed by atoms with Gasteiger partial charge in [0.25, 0.3) is 0 Å². The second-order valence-corrected chi connectivity index (χ2v) is 5.17. The zero-order chi connectivity index (χ0) is 13.2. The van der Waals surface area contributed by atoms with Crippen LogP contribution in [0.4, 0.5) is 0 Å². The predicted octanol–water partition coefficient (Wildman–Crippen LogP) is 2.09. The minimum atomic E-state index is 0.590. The summed E-state index contributed by atoms with van der Waals surface area (Å²) < 4.78 is 7.68. The lowest BCUT2D eigenvalue weighted by atomic mass is 10.2. The molecule has 3 rings (SSSR count). The molecule has 0 saturated carbocycles. The molecule has 2 aromatic rings. The molecule has 0 spiro atoms. The number of halogens is 1. The highest BCUT2D eigenvalue weighted by molar-refractivity contribution is 6.17. The largest absolute Gasteiger partial charge is 0.378 e. The topological polar surface area (TPSA) is 30.3 Å². The molecule has 0 bridgehead atoms. The molecule has 5 heteroatoms. The minimum Gasteiger partial charge on any atom is -0.378 e. The summed E-state index contributed by atoms with van der Waals surface area (Å²) >= 11 is 5.92. The molecule has 1 aliphatic heterocycles. The van der Waals surface area contributed by atoms with Crippen molar-refractivity contribution in [3.8, 4) is 0 Å². The Balaban J connectivity index is 2.14. The maximum absolute atomic E-state index is 5.92. The Labute approximate surface area is 117 Å². The van der Waals surface area contributed by atoms with Crippen molar-refractivity contribution >= 4 is 22.6 Å². The summed E-state index contributed by atoms with van der Waals surface area (Å²) in [6.07, 6.45) is 0.785. The van der Waals surface area contributed by atoms with E-state index in [4.69, 9.17) is 21.3 Å². The molecule has 1 aromatic carbocycles. The molecule has 0 N–H and O–H groups in total. The lowest BCUT2D eigenvalue weighted by molar-refractivity contribution is 0.111. The Morgan fingerprint density at radius 1 is 1.32 bits per heavy atom. The van der Waals surface area contributed by atoms with Gasteiger partial charge in [-0.25, -0.2) is 9.66 Å². The van der Waals surface area contributed by atoms with Crippen molar-refractivity contribution in [1.82, 2.24) is 9.66 Å². The number of nitrogens with zero attached hydrogens (tertiary/aromatic N) is 3. The van der Waals surface area contributed by atoms with Crippen molar-refractivity contribution in [2.24, 2.45) is 0 Å². The number of ether oxygens (including phenoxy) is 1. The van der Waals surface area contributed by atoms with E-state index in [1.807, 2.05) is 0 Å². The fraction of sp³-hybridized carbons (Fsp3) is 0.500. The van der Waals surface area contributed by atoms with Crippen LogP contribution in [-0.2, 0) is 11.2 Å². The van der Waals surface area contributed by atoms with Gasteiger partial charge in [0.05, 0.1) is 37.3 Å². The van der Waals surface area contributed by atoms with Gasteiger partial charge in [-0.2, -0.15) is 0 Å². The van der Waals surface area contributed by atoms with Crippen LogP contribution in [0.15, 0.2) is 18.2 Å². The van der Waals surface area contributed by atoms with Gasteiger partial charge >= 0.3 is 0 Å². The third-order valence-electron chi connectivity index (χ3n) is 3.51. The zero-order valence-electron chi connectivity index (χ0n) is 11.1. The first-order valence-corrected chi connectivity index (χ1v) is 7.20. The van der Waals surface area contributed by atoms with E-state index in [0.29, 0.717) is 5.88 Å². The molecule has 0 radical (unpaired) electrons. The van der Waals surface area contributed by atoms with Crippen LogP contribution in [0.2, 0.25) is 0 Å². The Bertz CT molecular complexity index is 575. The van der Waals surface area contributed by atoms with E-state index in [2.05, 4.69) is 34.8 Å². The van der Waals surface area contributed by atoms with Gasteiger partial charge in [0.1, 0.15) is 5.82 Å². The van der Waals surface area contributed by atoms with E-state index in [1.165, 1.54) is 11.1 Å². The Hall–Kier alpha value is -1.26. The lowest BCUT2D eigenvalue weighted by Crippen LogP contribution is -2.44. The summed E-state index contributed by atoms with van der Waals surface area (Å²) in [7, 11) is 0. The maximum atomic E-state index is 5.92. The summed E-state index contributed by atoms with van der Waals surface area (Å²) in [5.74, 6) is 1.63. The number of aromatic nitrogens is 2. The quantitative estimate of drug-likeness (QED) is 0.806. The molecule has 0 atom stereocenters. The van der Waals surface area contributed by atoms with Gasteiger partial charge in [-0.15, -0.1) is 11.6 Å². The van der Waals surface area contributed by atoms with Crippen molar-refractivity contribution in [2.45, 2.75) is 13.3 Å². The minimum absolute atomic E-state index is 0.590. The molecule has 1 aromatic heterocycles. The van der Waals surface area contributed by atoms with Crippen molar-refractivity contribution in [3.63, 3.8) is 0 Å². The molecule has 1 aliphatic rings. The standard InChI is InChI=1S/C14H18ClN3O/c1-11-3-2-4-12-14(11)18(13(16-12)5-6-15)17-7-9-19-10-8-17/h2-4H,5-10H2,1H3. The number of hydrogen-bond acceptors (Lipinski definition) is 3. The number of benzene rings is 1. The summed E-state index contributed by atoms with van der Waals surface area (Å²) in [6.45, 7) is 5.47. The van der Waals surface area contributed by atoms with Crippen LogP contribution in [0.25, 0.3) is 11.0 Å².